The lowest BCUT2D eigenvalue weighted by Gasteiger charge is -2.24. The predicted molar refractivity (Wildman–Crippen MR) is 72.2 cm³/mol. The summed E-state index contributed by atoms with van der Waals surface area (Å²) in [5, 5.41) is 9.77. The lowest BCUT2D eigenvalue weighted by Crippen LogP contribution is -2.45. The Hall–Kier alpha value is -2.57. The second-order valence-corrected chi connectivity index (χ2v) is 4.77. The van der Waals surface area contributed by atoms with E-state index in [1.54, 1.807) is 12.1 Å². The van der Waals surface area contributed by atoms with E-state index in [2.05, 4.69) is 4.74 Å². The van der Waals surface area contributed by atoms with Gasteiger partial charge in [0.1, 0.15) is 11.8 Å². The molecule has 112 valence electrons. The van der Waals surface area contributed by atoms with E-state index in [4.69, 9.17) is 5.73 Å². The van der Waals surface area contributed by atoms with E-state index in [1.807, 2.05) is 0 Å². The number of rotatable bonds is 5. The molecule has 3 N–H and O–H groups in total. The van der Waals surface area contributed by atoms with Crippen molar-refractivity contribution in [3.8, 4) is 5.75 Å². The topological polar surface area (TPSA) is 110 Å². The van der Waals surface area contributed by atoms with E-state index in [1.165, 1.54) is 18.1 Å². The smallest absolute Gasteiger partial charge is 0.305 e. The third-order valence-corrected chi connectivity index (χ3v) is 3.53. The summed E-state index contributed by atoms with van der Waals surface area (Å²) < 4.78 is 4.52. The molecule has 2 amide bonds. The Morgan fingerprint density at radius 1 is 1.48 bits per heavy atom. The number of benzene rings is 1. The van der Waals surface area contributed by atoms with Crippen LogP contribution in [0.15, 0.2) is 18.2 Å². The maximum atomic E-state index is 12.3. The van der Waals surface area contributed by atoms with Crippen molar-refractivity contribution in [1.82, 2.24) is 4.90 Å². The van der Waals surface area contributed by atoms with Gasteiger partial charge in [-0.15, -0.1) is 0 Å². The van der Waals surface area contributed by atoms with Crippen molar-refractivity contribution in [3.63, 3.8) is 0 Å². The van der Waals surface area contributed by atoms with Crippen LogP contribution in [0.4, 0.5) is 0 Å². The largest absolute Gasteiger partial charge is 0.508 e. The number of esters is 1. The quantitative estimate of drug-likeness (QED) is 0.751. The zero-order chi connectivity index (χ0) is 15.6. The molecule has 0 aromatic heterocycles. The maximum absolute atomic E-state index is 12.3. The Kier molecular flexibility index (Phi) is 4.11. The van der Waals surface area contributed by atoms with Gasteiger partial charge in [-0.1, -0.05) is 6.07 Å². The van der Waals surface area contributed by atoms with Crippen molar-refractivity contribution >= 4 is 17.8 Å². The monoisotopic (exact) mass is 292 g/mol. The molecule has 0 saturated carbocycles. The average molecular weight is 292 g/mol. The second kappa shape index (κ2) is 5.82. The van der Waals surface area contributed by atoms with Crippen LogP contribution in [0.3, 0.4) is 0 Å². The summed E-state index contributed by atoms with van der Waals surface area (Å²) in [5.74, 6) is -1.55. The summed E-state index contributed by atoms with van der Waals surface area (Å²) in [5.41, 5.74) is 6.14. The van der Waals surface area contributed by atoms with Crippen molar-refractivity contribution < 1.29 is 24.2 Å². The summed E-state index contributed by atoms with van der Waals surface area (Å²) in [4.78, 5) is 36.3. The van der Waals surface area contributed by atoms with Crippen LogP contribution in [0.1, 0.15) is 28.8 Å². The molecule has 0 spiro atoms. The summed E-state index contributed by atoms with van der Waals surface area (Å²) in [6.45, 7) is 0.0929. The van der Waals surface area contributed by atoms with Crippen molar-refractivity contribution in [2.45, 2.75) is 25.4 Å². The molecule has 21 heavy (non-hydrogen) atoms. The molecule has 0 bridgehead atoms. The van der Waals surface area contributed by atoms with Gasteiger partial charge in [-0.25, -0.2) is 0 Å². The molecule has 7 heteroatoms. The number of amides is 2. The Morgan fingerprint density at radius 3 is 2.76 bits per heavy atom. The lowest BCUT2D eigenvalue weighted by atomic mass is 10.1. The zero-order valence-corrected chi connectivity index (χ0v) is 11.5. The Labute approximate surface area is 121 Å². The van der Waals surface area contributed by atoms with Gasteiger partial charge in [0, 0.05) is 17.5 Å². The minimum absolute atomic E-state index is 0.000427. The standard InChI is InChI=1S/C14H16N2O5/c1-21-12(18)6-5-10(13(15)19)16-7-9-8(14(16)20)3-2-4-11(9)17/h2-4,10,17H,5-7H2,1H3,(H2,15,19)/t10-/m0/s1. The van der Waals surface area contributed by atoms with E-state index in [0.717, 1.165) is 0 Å². The Bertz CT molecular complexity index is 599. The molecule has 0 fully saturated rings. The van der Waals surface area contributed by atoms with E-state index in [-0.39, 0.29) is 31.0 Å². The number of phenols is 1. The van der Waals surface area contributed by atoms with Gasteiger partial charge in [-0.2, -0.15) is 0 Å². The number of carbonyl (C=O) groups is 3. The highest BCUT2D eigenvalue weighted by Gasteiger charge is 2.36. The maximum Gasteiger partial charge on any atom is 0.305 e. The van der Waals surface area contributed by atoms with Gasteiger partial charge in [0.15, 0.2) is 0 Å². The van der Waals surface area contributed by atoms with E-state index >= 15 is 0 Å². The summed E-state index contributed by atoms with van der Waals surface area (Å²) in [7, 11) is 1.25. The first-order valence-electron chi connectivity index (χ1n) is 6.43. The fourth-order valence-electron chi connectivity index (χ4n) is 2.40. The zero-order valence-electron chi connectivity index (χ0n) is 11.5. The predicted octanol–water partition coefficient (Wildman–Crippen LogP) is 0.155. The summed E-state index contributed by atoms with van der Waals surface area (Å²) >= 11 is 0. The molecule has 0 unspecified atom stereocenters. The van der Waals surface area contributed by atoms with Crippen LogP contribution >= 0.6 is 0 Å². The number of ether oxygens (including phenoxy) is 1. The fraction of sp³-hybridized carbons (Fsp3) is 0.357. The number of carbonyl (C=O) groups excluding carboxylic acids is 3. The number of aromatic hydroxyl groups is 1. The number of methoxy groups -OCH3 is 1. The molecule has 7 nitrogen and oxygen atoms in total. The highest BCUT2D eigenvalue weighted by Crippen LogP contribution is 2.31. The molecule has 2 rings (SSSR count). The lowest BCUT2D eigenvalue weighted by molar-refractivity contribution is -0.141. The molecular formula is C14H16N2O5. The molecule has 0 radical (unpaired) electrons. The SMILES string of the molecule is COC(=O)CC[C@@H](C(N)=O)N1Cc2c(O)cccc2C1=O. The highest BCUT2D eigenvalue weighted by molar-refractivity contribution is 6.01. The average Bonchev–Trinajstić information content (AvgIpc) is 2.78. The van der Waals surface area contributed by atoms with Crippen LogP contribution in [0, 0.1) is 0 Å². The van der Waals surface area contributed by atoms with Gasteiger partial charge in [0.05, 0.1) is 13.7 Å². The van der Waals surface area contributed by atoms with E-state index < -0.39 is 17.9 Å². The molecule has 1 aliphatic heterocycles. The Morgan fingerprint density at radius 2 is 2.19 bits per heavy atom. The summed E-state index contributed by atoms with van der Waals surface area (Å²) in [6, 6.07) is 3.70. The molecular weight excluding hydrogens is 276 g/mol. The first-order valence-corrected chi connectivity index (χ1v) is 6.43. The van der Waals surface area contributed by atoms with Crippen molar-refractivity contribution in [2.24, 2.45) is 5.73 Å². The second-order valence-electron chi connectivity index (χ2n) is 4.77. The van der Waals surface area contributed by atoms with Crippen LogP contribution in [0.5, 0.6) is 5.75 Å². The molecule has 0 aliphatic carbocycles. The summed E-state index contributed by atoms with van der Waals surface area (Å²) in [6.07, 6.45) is 0.0682. The van der Waals surface area contributed by atoms with Gasteiger partial charge < -0.3 is 20.5 Å². The van der Waals surface area contributed by atoms with Gasteiger partial charge in [0.25, 0.3) is 5.91 Å². The molecule has 1 aromatic carbocycles. The number of hydrogen-bond donors (Lipinski definition) is 2. The third kappa shape index (κ3) is 2.81. The number of hydrogen-bond acceptors (Lipinski definition) is 5. The number of nitrogens with two attached hydrogens (primary N) is 1. The van der Waals surface area contributed by atoms with E-state index in [9.17, 15) is 19.5 Å². The highest BCUT2D eigenvalue weighted by atomic mass is 16.5. The van der Waals surface area contributed by atoms with Crippen LogP contribution < -0.4 is 5.73 Å². The Balaban J connectivity index is 2.20. The van der Waals surface area contributed by atoms with Crippen LogP contribution in [-0.4, -0.2) is 40.9 Å². The molecule has 1 heterocycles. The minimum atomic E-state index is -0.914. The van der Waals surface area contributed by atoms with Crippen molar-refractivity contribution in [1.29, 1.82) is 0 Å². The first-order chi connectivity index (χ1) is 9.95. The number of phenolic OH excluding ortho intramolecular Hbond substituents is 1. The normalized spacial score (nSPS) is 14.7. The van der Waals surface area contributed by atoms with Gasteiger partial charge in [-0.3, -0.25) is 14.4 Å². The first kappa shape index (κ1) is 14.8. The fourth-order valence-corrected chi connectivity index (χ4v) is 2.40. The van der Waals surface area contributed by atoms with Gasteiger partial charge in [0.2, 0.25) is 5.91 Å². The number of fused-ring (bicyclic) bond motifs is 1. The number of primary amides is 1. The third-order valence-electron chi connectivity index (χ3n) is 3.53. The van der Waals surface area contributed by atoms with Crippen LogP contribution in [0.2, 0.25) is 0 Å². The molecule has 1 aliphatic rings. The minimum Gasteiger partial charge on any atom is -0.508 e. The van der Waals surface area contributed by atoms with Gasteiger partial charge in [-0.05, 0) is 18.6 Å². The number of nitrogens with zero attached hydrogens (tertiary/aromatic N) is 1. The van der Waals surface area contributed by atoms with Gasteiger partial charge >= 0.3 is 5.97 Å². The van der Waals surface area contributed by atoms with Crippen molar-refractivity contribution in [3.05, 3.63) is 29.3 Å². The molecule has 0 saturated heterocycles. The van der Waals surface area contributed by atoms with Crippen molar-refractivity contribution in [2.75, 3.05) is 7.11 Å². The van der Waals surface area contributed by atoms with Crippen LogP contribution in [0.25, 0.3) is 0 Å². The molecule has 1 atom stereocenters. The van der Waals surface area contributed by atoms with Crippen LogP contribution in [-0.2, 0) is 20.9 Å². The molecule has 1 aromatic rings. The van der Waals surface area contributed by atoms with E-state index in [0.29, 0.717) is 11.1 Å².